The van der Waals surface area contributed by atoms with Crippen LogP contribution in [0.2, 0.25) is 0 Å². The van der Waals surface area contributed by atoms with Crippen molar-refractivity contribution in [3.63, 3.8) is 0 Å². The molecule has 0 fully saturated rings. The summed E-state index contributed by atoms with van der Waals surface area (Å²) < 4.78 is 45.4. The van der Waals surface area contributed by atoms with Crippen LogP contribution in [0.3, 0.4) is 0 Å². The Labute approximate surface area is 125 Å². The van der Waals surface area contributed by atoms with Gasteiger partial charge in [0.05, 0.1) is 11.3 Å². The maximum Gasteiger partial charge on any atom is 0.418 e. The highest BCUT2D eigenvalue weighted by Crippen LogP contribution is 2.43. The average molecular weight is 308 g/mol. The van der Waals surface area contributed by atoms with Gasteiger partial charge in [-0.3, -0.25) is 4.98 Å². The van der Waals surface area contributed by atoms with Gasteiger partial charge < -0.3 is 10.5 Å². The number of nitrogens with zero attached hydrogens (tertiary/aromatic N) is 1. The van der Waals surface area contributed by atoms with Crippen LogP contribution in [0.5, 0.6) is 5.75 Å². The van der Waals surface area contributed by atoms with Crippen LogP contribution >= 0.6 is 0 Å². The van der Waals surface area contributed by atoms with Gasteiger partial charge in [-0.2, -0.15) is 13.2 Å². The topological polar surface area (TPSA) is 48.1 Å². The second-order valence-electron chi connectivity index (χ2n) is 5.38. The predicted octanol–water partition coefficient (Wildman–Crippen LogP) is 3.34. The molecule has 1 atom stereocenters. The third-order valence-electron chi connectivity index (χ3n) is 3.67. The average Bonchev–Trinajstić information content (AvgIpc) is 2.88. The SMILES string of the molecule is Cc1cc2c(c(-c3ncccc3C(F)(F)F)c1)OC(CN)C2. The zero-order valence-electron chi connectivity index (χ0n) is 11.9. The van der Waals surface area contributed by atoms with Gasteiger partial charge in [-0.1, -0.05) is 6.07 Å². The molecule has 0 aliphatic carbocycles. The third-order valence-corrected chi connectivity index (χ3v) is 3.67. The van der Waals surface area contributed by atoms with E-state index in [0.29, 0.717) is 24.3 Å². The molecule has 1 unspecified atom stereocenters. The summed E-state index contributed by atoms with van der Waals surface area (Å²) in [5.41, 5.74) is 6.88. The second-order valence-corrected chi connectivity index (χ2v) is 5.38. The van der Waals surface area contributed by atoms with Crippen molar-refractivity contribution in [2.24, 2.45) is 5.73 Å². The standard InChI is InChI=1S/C16H15F3N2O/c1-9-5-10-7-11(8-20)22-15(10)12(6-9)14-13(16(17,18)19)3-2-4-21-14/h2-6,11H,7-8,20H2,1H3. The van der Waals surface area contributed by atoms with E-state index in [-0.39, 0.29) is 11.8 Å². The van der Waals surface area contributed by atoms with Crippen LogP contribution in [-0.2, 0) is 12.6 Å². The van der Waals surface area contributed by atoms with Gasteiger partial charge in [0.1, 0.15) is 11.9 Å². The van der Waals surface area contributed by atoms with E-state index < -0.39 is 11.7 Å². The van der Waals surface area contributed by atoms with Gasteiger partial charge in [-0.15, -0.1) is 0 Å². The molecule has 1 aromatic heterocycles. The van der Waals surface area contributed by atoms with Gasteiger partial charge in [0.2, 0.25) is 0 Å². The first-order valence-corrected chi connectivity index (χ1v) is 6.93. The molecule has 116 valence electrons. The fourth-order valence-electron chi connectivity index (χ4n) is 2.75. The van der Waals surface area contributed by atoms with Crippen LogP contribution in [0.15, 0.2) is 30.5 Å². The van der Waals surface area contributed by atoms with Gasteiger partial charge in [-0.25, -0.2) is 0 Å². The molecule has 2 aromatic rings. The Morgan fingerprint density at radius 1 is 1.36 bits per heavy atom. The summed E-state index contributed by atoms with van der Waals surface area (Å²) in [5, 5.41) is 0. The number of benzene rings is 1. The number of aromatic nitrogens is 1. The van der Waals surface area contributed by atoms with E-state index >= 15 is 0 Å². The van der Waals surface area contributed by atoms with Crippen molar-refractivity contribution >= 4 is 0 Å². The highest BCUT2D eigenvalue weighted by Gasteiger charge is 2.36. The van der Waals surface area contributed by atoms with Crippen LogP contribution in [0, 0.1) is 6.92 Å². The number of alkyl halides is 3. The number of hydrogen-bond donors (Lipinski definition) is 1. The smallest absolute Gasteiger partial charge is 0.418 e. The van der Waals surface area contributed by atoms with Crippen LogP contribution < -0.4 is 10.5 Å². The van der Waals surface area contributed by atoms with E-state index in [1.165, 1.54) is 12.3 Å². The lowest BCUT2D eigenvalue weighted by Gasteiger charge is -2.15. The van der Waals surface area contributed by atoms with E-state index in [1.807, 2.05) is 13.0 Å². The minimum absolute atomic E-state index is 0.104. The molecule has 22 heavy (non-hydrogen) atoms. The number of ether oxygens (including phenoxy) is 1. The molecule has 0 radical (unpaired) electrons. The number of halogens is 3. The quantitative estimate of drug-likeness (QED) is 0.925. The maximum atomic E-state index is 13.2. The van der Waals surface area contributed by atoms with Gasteiger partial charge in [0.15, 0.2) is 0 Å². The molecule has 0 saturated heterocycles. The number of pyridine rings is 1. The first-order valence-electron chi connectivity index (χ1n) is 6.93. The van der Waals surface area contributed by atoms with E-state index in [0.717, 1.165) is 17.2 Å². The van der Waals surface area contributed by atoms with Crippen molar-refractivity contribution in [1.82, 2.24) is 4.98 Å². The summed E-state index contributed by atoms with van der Waals surface area (Å²) in [6.45, 7) is 2.16. The lowest BCUT2D eigenvalue weighted by Crippen LogP contribution is -2.24. The monoisotopic (exact) mass is 308 g/mol. The molecule has 6 heteroatoms. The number of fused-ring (bicyclic) bond motifs is 1. The summed E-state index contributed by atoms with van der Waals surface area (Å²) >= 11 is 0. The van der Waals surface area contributed by atoms with Gasteiger partial charge in [0.25, 0.3) is 0 Å². The van der Waals surface area contributed by atoms with E-state index in [4.69, 9.17) is 10.5 Å². The van der Waals surface area contributed by atoms with Crippen molar-refractivity contribution in [3.8, 4) is 17.0 Å². The van der Waals surface area contributed by atoms with Gasteiger partial charge in [0, 0.05) is 24.7 Å². The number of aryl methyl sites for hydroxylation is 1. The third kappa shape index (κ3) is 2.54. The first-order chi connectivity index (χ1) is 10.4. The summed E-state index contributed by atoms with van der Waals surface area (Å²) in [5.74, 6) is 0.463. The Kier molecular flexibility index (Phi) is 3.56. The van der Waals surface area contributed by atoms with Crippen LogP contribution in [0.25, 0.3) is 11.3 Å². The molecule has 0 amide bonds. The van der Waals surface area contributed by atoms with Gasteiger partial charge >= 0.3 is 6.18 Å². The fourth-order valence-corrected chi connectivity index (χ4v) is 2.75. The zero-order valence-corrected chi connectivity index (χ0v) is 11.9. The maximum absolute atomic E-state index is 13.2. The van der Waals surface area contributed by atoms with Crippen molar-refractivity contribution in [1.29, 1.82) is 0 Å². The molecule has 1 aliphatic rings. The number of nitrogens with two attached hydrogens (primary N) is 1. The molecule has 0 saturated carbocycles. The summed E-state index contributed by atoms with van der Waals surface area (Å²) in [7, 11) is 0. The Bertz CT molecular complexity index is 713. The molecule has 1 aromatic carbocycles. The van der Waals surface area contributed by atoms with Crippen molar-refractivity contribution in [2.45, 2.75) is 25.6 Å². The molecule has 0 bridgehead atoms. The van der Waals surface area contributed by atoms with Crippen molar-refractivity contribution in [3.05, 3.63) is 47.2 Å². The lowest BCUT2D eigenvalue weighted by molar-refractivity contribution is -0.137. The van der Waals surface area contributed by atoms with Crippen molar-refractivity contribution in [2.75, 3.05) is 6.54 Å². The number of hydrogen-bond acceptors (Lipinski definition) is 3. The molecular formula is C16H15F3N2O. The van der Waals surface area contributed by atoms with Crippen LogP contribution in [0.1, 0.15) is 16.7 Å². The predicted molar refractivity (Wildman–Crippen MR) is 76.6 cm³/mol. The molecule has 2 heterocycles. The minimum Gasteiger partial charge on any atom is -0.488 e. The molecule has 2 N–H and O–H groups in total. The van der Waals surface area contributed by atoms with Crippen molar-refractivity contribution < 1.29 is 17.9 Å². The highest BCUT2D eigenvalue weighted by molar-refractivity contribution is 5.74. The largest absolute Gasteiger partial charge is 0.488 e. The van der Waals surface area contributed by atoms with E-state index in [9.17, 15) is 13.2 Å². The Morgan fingerprint density at radius 3 is 2.82 bits per heavy atom. The lowest BCUT2D eigenvalue weighted by atomic mass is 9.98. The van der Waals surface area contributed by atoms with Crippen LogP contribution in [0.4, 0.5) is 13.2 Å². The molecular weight excluding hydrogens is 293 g/mol. The first kappa shape index (κ1) is 14.8. The van der Waals surface area contributed by atoms with E-state index in [2.05, 4.69) is 4.98 Å². The Hall–Kier alpha value is -2.08. The van der Waals surface area contributed by atoms with Gasteiger partial charge in [-0.05, 0) is 36.2 Å². The molecule has 1 aliphatic heterocycles. The molecule has 0 spiro atoms. The Balaban J connectivity index is 2.20. The summed E-state index contributed by atoms with van der Waals surface area (Å²) in [4.78, 5) is 3.95. The summed E-state index contributed by atoms with van der Waals surface area (Å²) in [6.07, 6.45) is -2.70. The number of rotatable bonds is 2. The summed E-state index contributed by atoms with van der Waals surface area (Å²) in [6, 6.07) is 5.91. The Morgan fingerprint density at radius 2 is 2.14 bits per heavy atom. The zero-order chi connectivity index (χ0) is 15.9. The van der Waals surface area contributed by atoms with E-state index in [1.54, 1.807) is 6.07 Å². The fraction of sp³-hybridized carbons (Fsp3) is 0.312. The molecule has 3 rings (SSSR count). The normalized spacial score (nSPS) is 17.2. The minimum atomic E-state index is -4.47. The van der Waals surface area contributed by atoms with Crippen LogP contribution in [-0.4, -0.2) is 17.6 Å². The highest BCUT2D eigenvalue weighted by atomic mass is 19.4. The molecule has 3 nitrogen and oxygen atoms in total. The second kappa shape index (κ2) is 5.28.